The molecule has 0 unspecified atom stereocenters. The van der Waals surface area contributed by atoms with Gasteiger partial charge in [-0.25, -0.2) is 0 Å². The van der Waals surface area contributed by atoms with E-state index in [-0.39, 0.29) is 70.6 Å². The average Bonchev–Trinajstić information content (AvgIpc) is 3.26. The number of halogens is 1. The molecule has 0 radical (unpaired) electrons. The minimum Gasteiger partial charge on any atom is -0.391 e. The molecule has 0 spiro atoms. The van der Waals surface area contributed by atoms with Crippen molar-refractivity contribution in [3.05, 3.63) is 70.7 Å². The third-order valence-electron chi connectivity index (χ3n) is 12.0. The summed E-state index contributed by atoms with van der Waals surface area (Å²) in [4.78, 5) is 112. The maximum Gasteiger partial charge on any atom is 0.245 e. The van der Waals surface area contributed by atoms with E-state index in [0.717, 1.165) is 6.42 Å². The van der Waals surface area contributed by atoms with E-state index in [1.54, 1.807) is 54.6 Å². The fourth-order valence-corrected chi connectivity index (χ4v) is 8.18. The first-order chi connectivity index (χ1) is 31.9. The van der Waals surface area contributed by atoms with Gasteiger partial charge in [0.2, 0.25) is 47.3 Å². The van der Waals surface area contributed by atoms with Crippen LogP contribution < -0.4 is 59.7 Å². The lowest BCUT2D eigenvalue weighted by atomic mass is 9.63. The predicted molar refractivity (Wildman–Crippen MR) is 250 cm³/mol. The smallest absolute Gasteiger partial charge is 0.245 e. The van der Waals surface area contributed by atoms with Crippen LogP contribution in [0.1, 0.15) is 83.3 Å². The van der Waals surface area contributed by atoms with Crippen molar-refractivity contribution in [3.63, 3.8) is 0 Å². The van der Waals surface area contributed by atoms with Crippen LogP contribution in [0.2, 0.25) is 5.02 Å². The van der Waals surface area contributed by atoms with Gasteiger partial charge in [0.25, 0.3) is 0 Å². The van der Waals surface area contributed by atoms with Gasteiger partial charge >= 0.3 is 0 Å². The average molecular weight is 955 g/mol. The second-order valence-corrected chi connectivity index (χ2v) is 18.1. The fourth-order valence-electron chi connectivity index (χ4n) is 8.05. The Balaban J connectivity index is 1.76. The lowest BCUT2D eigenvalue weighted by Crippen LogP contribution is -2.61. The van der Waals surface area contributed by atoms with E-state index in [2.05, 4.69) is 42.5 Å². The molecule has 1 heterocycles. The number of nitrogens with one attached hydrogen (secondary N) is 8. The topological polar surface area (TPSA) is 331 Å². The van der Waals surface area contributed by atoms with Crippen molar-refractivity contribution in [2.45, 2.75) is 132 Å². The number of carbonyl (C=O) groups is 8. The fraction of sp³-hybridized carbons (Fsp3) is 0.565. The molecule has 67 heavy (non-hydrogen) atoms. The van der Waals surface area contributed by atoms with Gasteiger partial charge in [0, 0.05) is 18.0 Å². The molecule has 0 aromatic heterocycles. The maximum atomic E-state index is 14.3. The van der Waals surface area contributed by atoms with Crippen molar-refractivity contribution < 1.29 is 43.5 Å². The lowest BCUT2D eigenvalue weighted by Gasteiger charge is -2.41. The second kappa shape index (κ2) is 26.0. The normalized spacial score (nSPS) is 25.4. The molecule has 1 aliphatic heterocycles. The molecule has 2 fully saturated rings. The van der Waals surface area contributed by atoms with Gasteiger partial charge < -0.3 is 64.8 Å². The van der Waals surface area contributed by atoms with Gasteiger partial charge in [0.1, 0.15) is 42.3 Å². The summed E-state index contributed by atoms with van der Waals surface area (Å²) in [7, 11) is 0. The van der Waals surface area contributed by atoms with Crippen LogP contribution in [0.5, 0.6) is 0 Å². The molecule has 21 heteroatoms. The Labute approximate surface area is 396 Å². The van der Waals surface area contributed by atoms with Crippen molar-refractivity contribution in [3.8, 4) is 0 Å². The molecule has 4 rings (SSSR count). The zero-order chi connectivity index (χ0) is 49.3. The van der Waals surface area contributed by atoms with E-state index in [4.69, 9.17) is 28.8 Å². The second-order valence-electron chi connectivity index (χ2n) is 17.6. The predicted octanol–water partition coefficient (Wildman–Crippen LogP) is -1.61. The first kappa shape index (κ1) is 53.9. The molecule has 8 atom stereocenters. The molecule has 2 aromatic rings. The third kappa shape index (κ3) is 15.4. The molecule has 368 valence electrons. The number of hydrogen-bond acceptors (Lipinski definition) is 12. The van der Waals surface area contributed by atoms with Crippen LogP contribution in [0.25, 0.3) is 0 Å². The van der Waals surface area contributed by atoms with Gasteiger partial charge in [-0.1, -0.05) is 74.3 Å². The Morgan fingerprint density at radius 1 is 0.672 bits per heavy atom. The number of rotatable bonds is 14. The summed E-state index contributed by atoms with van der Waals surface area (Å²) in [5.41, 5.74) is 18.0. The summed E-state index contributed by atoms with van der Waals surface area (Å²) in [5, 5.41) is 32.5. The highest BCUT2D eigenvalue weighted by molar-refractivity contribution is 6.30. The molecule has 1 saturated carbocycles. The van der Waals surface area contributed by atoms with Crippen LogP contribution in [0, 0.1) is 5.92 Å². The number of benzene rings is 2. The van der Waals surface area contributed by atoms with E-state index in [0.29, 0.717) is 29.0 Å². The number of carbonyl (C=O) groups excluding carboxylic acids is 8. The molecule has 0 bridgehead atoms. The Morgan fingerprint density at radius 3 is 1.64 bits per heavy atom. The summed E-state index contributed by atoms with van der Waals surface area (Å²) < 4.78 is 0. The summed E-state index contributed by atoms with van der Waals surface area (Å²) in [6, 6.07) is 6.27. The highest BCUT2D eigenvalue weighted by Gasteiger charge is 2.47. The highest BCUT2D eigenvalue weighted by Crippen LogP contribution is 2.44. The minimum atomic E-state index is -1.56. The highest BCUT2D eigenvalue weighted by atomic mass is 35.5. The number of amides is 8. The van der Waals surface area contributed by atoms with E-state index in [1.165, 1.54) is 6.92 Å². The summed E-state index contributed by atoms with van der Waals surface area (Å²) in [6.45, 7) is 4.44. The van der Waals surface area contributed by atoms with Crippen LogP contribution in [-0.2, 0) is 50.2 Å². The molecule has 8 amide bonds. The van der Waals surface area contributed by atoms with E-state index in [1.807, 2.05) is 13.8 Å². The largest absolute Gasteiger partial charge is 0.391 e. The first-order valence-electron chi connectivity index (χ1n) is 22.9. The quantitative estimate of drug-likeness (QED) is 0.102. The number of aliphatic hydroxyl groups excluding tert-OH is 1. The summed E-state index contributed by atoms with van der Waals surface area (Å²) >= 11 is 6.16. The Kier molecular flexibility index (Phi) is 21.0. The standard InChI is InChI=1S/C46H68ClN11O9/c1-26(2)24-35-42(64)54-31(14-20-48)38(60)53-33(16-22-50)41(63)58-37(27(3)59)44(66)51-23-17-34(57-45(67)46(18-7-19-46)29-10-12-30(47)13-11-29)40(62)52-32(15-21-49)39(61)56-36(43(65)55-35)25-28-8-5-4-6-9-28/h4-6,8-13,26-27,31-37,59H,7,14-25,48-50H2,1-3H3,(H,51,66)(H,52,62)(H,53,60)(H,54,64)(H,55,65)(H,56,61)(H,57,67)(H,58,63)/t27-,31+,32+,33+,34+,35+,36-,37+/m1/s1. The van der Waals surface area contributed by atoms with Crippen molar-refractivity contribution in [2.75, 3.05) is 26.2 Å². The summed E-state index contributed by atoms with van der Waals surface area (Å²) in [5.74, 6) is -6.22. The zero-order valence-corrected chi connectivity index (χ0v) is 39.2. The van der Waals surface area contributed by atoms with E-state index < -0.39 is 101 Å². The third-order valence-corrected chi connectivity index (χ3v) is 12.2. The molecule has 1 aliphatic carbocycles. The Bertz CT molecular complexity index is 2020. The van der Waals surface area contributed by atoms with Crippen molar-refractivity contribution in [1.82, 2.24) is 42.5 Å². The Morgan fingerprint density at radius 2 is 1.15 bits per heavy atom. The van der Waals surface area contributed by atoms with Crippen LogP contribution in [-0.4, -0.2) is 127 Å². The number of hydrogen-bond donors (Lipinski definition) is 12. The van der Waals surface area contributed by atoms with Crippen LogP contribution in [0.4, 0.5) is 0 Å². The molecule has 2 aromatic carbocycles. The van der Waals surface area contributed by atoms with E-state index in [9.17, 15) is 43.5 Å². The van der Waals surface area contributed by atoms with Gasteiger partial charge in [0.15, 0.2) is 0 Å². The SMILES string of the molecule is CC(C)C[C@@H]1NC(=O)[C@@H](Cc2ccccc2)NC(=O)[C@H](CCN)NC(=O)[C@@H](NC(=O)C2(c3ccc(Cl)cc3)CCC2)CCNC(=O)[C@H]([C@@H](C)O)NC(=O)[C@H](CCN)NC(=O)[C@H](CCN)NC1=O. The van der Waals surface area contributed by atoms with Gasteiger partial charge in [0.05, 0.1) is 11.5 Å². The van der Waals surface area contributed by atoms with Gasteiger partial charge in [-0.15, -0.1) is 0 Å². The minimum absolute atomic E-state index is 0.0286. The Hall–Kier alpha value is -5.67. The number of aliphatic hydroxyl groups is 1. The van der Waals surface area contributed by atoms with E-state index >= 15 is 0 Å². The first-order valence-corrected chi connectivity index (χ1v) is 23.3. The van der Waals surface area contributed by atoms with Crippen LogP contribution in [0.15, 0.2) is 54.6 Å². The number of nitrogens with two attached hydrogens (primary N) is 3. The zero-order valence-electron chi connectivity index (χ0n) is 38.4. The van der Waals surface area contributed by atoms with Gasteiger partial charge in [-0.3, -0.25) is 38.4 Å². The molecule has 15 N–H and O–H groups in total. The molecular weight excluding hydrogens is 886 g/mol. The lowest BCUT2D eigenvalue weighted by molar-refractivity contribution is -0.136. The molecule has 1 saturated heterocycles. The molecular formula is C46H68ClN11O9. The maximum absolute atomic E-state index is 14.3. The van der Waals surface area contributed by atoms with Crippen LogP contribution >= 0.6 is 11.6 Å². The van der Waals surface area contributed by atoms with Crippen LogP contribution in [0.3, 0.4) is 0 Å². The van der Waals surface area contributed by atoms with Crippen molar-refractivity contribution in [1.29, 1.82) is 0 Å². The molecule has 2 aliphatic rings. The van der Waals surface area contributed by atoms with Gasteiger partial charge in [-0.05, 0) is 101 Å². The van der Waals surface area contributed by atoms with Crippen molar-refractivity contribution >= 4 is 58.9 Å². The van der Waals surface area contributed by atoms with Crippen molar-refractivity contribution in [2.24, 2.45) is 23.1 Å². The van der Waals surface area contributed by atoms with Gasteiger partial charge in [-0.2, -0.15) is 0 Å². The monoisotopic (exact) mass is 953 g/mol. The summed E-state index contributed by atoms with van der Waals surface area (Å²) in [6.07, 6.45) is -0.168. The molecule has 20 nitrogen and oxygen atoms in total.